The molecule has 0 atom stereocenters. The molecule has 0 aliphatic carbocycles. The van der Waals surface area contributed by atoms with E-state index >= 15 is 0 Å². The number of aryl methyl sites for hydroxylation is 1. The number of hydrogen-bond acceptors (Lipinski definition) is 3. The van der Waals surface area contributed by atoms with Crippen LogP contribution in [-0.2, 0) is 17.4 Å². The van der Waals surface area contributed by atoms with Gasteiger partial charge >= 0.3 is 6.18 Å². The van der Waals surface area contributed by atoms with Crippen molar-refractivity contribution in [2.75, 3.05) is 43.4 Å². The van der Waals surface area contributed by atoms with Crippen LogP contribution in [-0.4, -0.2) is 53.5 Å². The lowest BCUT2D eigenvalue weighted by Crippen LogP contribution is -2.51. The first kappa shape index (κ1) is 24.3. The van der Waals surface area contributed by atoms with Crippen molar-refractivity contribution in [3.05, 3.63) is 58.6 Å². The number of carbonyl (C=O) groups is 1. The van der Waals surface area contributed by atoms with E-state index in [4.69, 9.17) is 23.8 Å². The van der Waals surface area contributed by atoms with Gasteiger partial charge in [0.15, 0.2) is 5.11 Å². The number of carbonyl (C=O) groups excluding carboxylic acids is 1. The van der Waals surface area contributed by atoms with E-state index in [1.54, 1.807) is 0 Å². The van der Waals surface area contributed by atoms with Crippen molar-refractivity contribution in [1.29, 1.82) is 0 Å². The van der Waals surface area contributed by atoms with Crippen molar-refractivity contribution in [3.63, 3.8) is 0 Å². The van der Waals surface area contributed by atoms with E-state index in [9.17, 15) is 18.0 Å². The fourth-order valence-corrected chi connectivity index (χ4v) is 3.88. The van der Waals surface area contributed by atoms with E-state index in [1.807, 2.05) is 21.9 Å². The number of anilines is 2. The quantitative estimate of drug-likeness (QED) is 0.593. The van der Waals surface area contributed by atoms with E-state index in [2.05, 4.69) is 29.7 Å². The first-order chi connectivity index (χ1) is 15.2. The molecule has 0 unspecified atom stereocenters. The number of rotatable bonds is 5. The summed E-state index contributed by atoms with van der Waals surface area (Å²) in [4.78, 5) is 16.3. The van der Waals surface area contributed by atoms with Crippen molar-refractivity contribution in [3.8, 4) is 0 Å². The molecule has 1 aliphatic heterocycles. The van der Waals surface area contributed by atoms with Gasteiger partial charge in [-0.15, -0.1) is 0 Å². The summed E-state index contributed by atoms with van der Waals surface area (Å²) in [6, 6.07) is 11.4. The lowest BCUT2D eigenvalue weighted by molar-refractivity contribution is -0.137. The fourth-order valence-electron chi connectivity index (χ4n) is 3.36. The molecular weight excluding hydrogens is 461 g/mol. The van der Waals surface area contributed by atoms with Crippen molar-refractivity contribution in [2.45, 2.75) is 19.5 Å². The van der Waals surface area contributed by atoms with Crippen molar-refractivity contribution < 1.29 is 18.0 Å². The maximum Gasteiger partial charge on any atom is 0.417 e. The molecule has 172 valence electrons. The molecule has 0 bridgehead atoms. The van der Waals surface area contributed by atoms with Gasteiger partial charge in [0.25, 0.3) is 0 Å². The van der Waals surface area contributed by atoms with Gasteiger partial charge in [-0.05, 0) is 54.5 Å². The zero-order valence-electron chi connectivity index (χ0n) is 17.5. The summed E-state index contributed by atoms with van der Waals surface area (Å²) in [5.74, 6) is -0.384. The third-order valence-corrected chi connectivity index (χ3v) is 5.89. The highest BCUT2D eigenvalue weighted by Gasteiger charge is 2.33. The number of piperazine rings is 1. The lowest BCUT2D eigenvalue weighted by atomic mass is 10.1. The molecule has 1 fully saturated rings. The molecule has 10 heteroatoms. The number of nitrogens with one attached hydrogen (secondary N) is 2. The minimum atomic E-state index is -4.58. The second-order valence-electron chi connectivity index (χ2n) is 7.48. The normalized spacial score (nSPS) is 14.8. The molecule has 5 nitrogen and oxygen atoms in total. The van der Waals surface area contributed by atoms with Crippen LogP contribution in [0.15, 0.2) is 42.5 Å². The minimum absolute atomic E-state index is 0.0600. The van der Waals surface area contributed by atoms with Gasteiger partial charge in [-0.1, -0.05) is 30.7 Å². The Morgan fingerprint density at radius 2 is 1.66 bits per heavy atom. The van der Waals surface area contributed by atoms with Gasteiger partial charge in [0.1, 0.15) is 0 Å². The van der Waals surface area contributed by atoms with Gasteiger partial charge in [0.2, 0.25) is 5.91 Å². The molecule has 0 spiro atoms. The fraction of sp³-hybridized carbons (Fsp3) is 0.364. The van der Waals surface area contributed by atoms with Crippen LogP contribution in [0.1, 0.15) is 18.1 Å². The van der Waals surface area contributed by atoms with E-state index in [0.29, 0.717) is 31.3 Å². The molecule has 2 N–H and O–H groups in total. The zero-order valence-corrected chi connectivity index (χ0v) is 19.1. The number of halogens is 4. The van der Waals surface area contributed by atoms with Gasteiger partial charge in [-0.25, -0.2) is 0 Å². The first-order valence-corrected chi connectivity index (χ1v) is 11.0. The number of nitrogens with zero attached hydrogens (tertiary/aromatic N) is 2. The highest BCUT2D eigenvalue weighted by Crippen LogP contribution is 2.36. The van der Waals surface area contributed by atoms with Crippen molar-refractivity contribution in [1.82, 2.24) is 9.80 Å². The van der Waals surface area contributed by atoms with Crippen LogP contribution in [0.3, 0.4) is 0 Å². The predicted molar refractivity (Wildman–Crippen MR) is 125 cm³/mol. The molecular formula is C22H24ClF3N4OS. The number of amides is 1. The summed E-state index contributed by atoms with van der Waals surface area (Å²) in [6.45, 7) is 4.69. The molecule has 2 aromatic rings. The summed E-state index contributed by atoms with van der Waals surface area (Å²) in [5, 5.41) is 5.96. The van der Waals surface area contributed by atoms with E-state index < -0.39 is 16.8 Å². The summed E-state index contributed by atoms with van der Waals surface area (Å²) >= 11 is 11.1. The Kier molecular flexibility index (Phi) is 7.97. The number of thiocarbonyl (C=S) groups is 1. The van der Waals surface area contributed by atoms with Crippen molar-refractivity contribution >= 4 is 46.2 Å². The van der Waals surface area contributed by atoms with Crippen LogP contribution >= 0.6 is 23.8 Å². The van der Waals surface area contributed by atoms with Gasteiger partial charge < -0.3 is 15.5 Å². The molecule has 1 heterocycles. The number of hydrogen-bond donors (Lipinski definition) is 2. The molecule has 1 amide bonds. The summed E-state index contributed by atoms with van der Waals surface area (Å²) < 4.78 is 39.0. The lowest BCUT2D eigenvalue weighted by Gasteiger charge is -2.35. The van der Waals surface area contributed by atoms with Gasteiger partial charge in [-0.2, -0.15) is 13.2 Å². The van der Waals surface area contributed by atoms with E-state index in [0.717, 1.165) is 24.2 Å². The molecule has 1 saturated heterocycles. The summed E-state index contributed by atoms with van der Waals surface area (Å²) in [7, 11) is 0. The third-order valence-electron chi connectivity index (χ3n) is 5.20. The average Bonchev–Trinajstić information content (AvgIpc) is 2.75. The number of alkyl halides is 3. The largest absolute Gasteiger partial charge is 0.417 e. The molecule has 0 aromatic heterocycles. The monoisotopic (exact) mass is 484 g/mol. The Morgan fingerprint density at radius 3 is 2.25 bits per heavy atom. The highest BCUT2D eigenvalue weighted by atomic mass is 35.5. The van der Waals surface area contributed by atoms with Crippen molar-refractivity contribution in [2.24, 2.45) is 0 Å². The standard InChI is InChI=1S/C22H24ClF3N4OS/c1-2-15-3-5-16(6-4-15)28-21(32)30-11-9-29(10-12-30)14-20(31)27-17-7-8-19(23)18(13-17)22(24,25)26/h3-8,13H,2,9-12,14H2,1H3,(H,27,31)(H,28,32). The Labute approximate surface area is 195 Å². The van der Waals surface area contributed by atoms with E-state index in [-0.39, 0.29) is 18.1 Å². The molecule has 0 saturated carbocycles. The van der Waals surface area contributed by atoms with Crippen LogP contribution in [0, 0.1) is 0 Å². The Hall–Kier alpha value is -2.36. The van der Waals surface area contributed by atoms with E-state index in [1.165, 1.54) is 11.6 Å². The van der Waals surface area contributed by atoms with Gasteiger partial charge in [0, 0.05) is 37.6 Å². The molecule has 2 aromatic carbocycles. The van der Waals surface area contributed by atoms with Crippen LogP contribution < -0.4 is 10.6 Å². The Balaban J connectivity index is 1.47. The van der Waals surface area contributed by atoms with Gasteiger partial charge in [-0.3, -0.25) is 9.69 Å². The Bertz CT molecular complexity index is 961. The molecule has 0 radical (unpaired) electrons. The topological polar surface area (TPSA) is 47.6 Å². The predicted octanol–water partition coefficient (Wildman–Crippen LogP) is 4.87. The second-order valence-corrected chi connectivity index (χ2v) is 8.28. The summed E-state index contributed by atoms with van der Waals surface area (Å²) in [6.07, 6.45) is -3.61. The maximum atomic E-state index is 13.0. The number of benzene rings is 2. The molecule has 1 aliphatic rings. The second kappa shape index (κ2) is 10.5. The average molecular weight is 485 g/mol. The first-order valence-electron chi connectivity index (χ1n) is 10.2. The zero-order chi connectivity index (χ0) is 23.3. The Morgan fingerprint density at radius 1 is 1.03 bits per heavy atom. The smallest absolute Gasteiger partial charge is 0.346 e. The highest BCUT2D eigenvalue weighted by molar-refractivity contribution is 7.80. The van der Waals surface area contributed by atoms with Crippen LogP contribution in [0.4, 0.5) is 24.5 Å². The third kappa shape index (κ3) is 6.57. The van der Waals surface area contributed by atoms with Crippen LogP contribution in [0.5, 0.6) is 0 Å². The molecule has 32 heavy (non-hydrogen) atoms. The van der Waals surface area contributed by atoms with Crippen LogP contribution in [0.2, 0.25) is 5.02 Å². The van der Waals surface area contributed by atoms with Gasteiger partial charge in [0.05, 0.1) is 17.1 Å². The SMILES string of the molecule is CCc1ccc(NC(=S)N2CCN(CC(=O)Nc3ccc(Cl)c(C(F)(F)F)c3)CC2)cc1. The summed E-state index contributed by atoms with van der Waals surface area (Å²) in [5.41, 5.74) is 1.26. The maximum absolute atomic E-state index is 13.0. The van der Waals surface area contributed by atoms with Crippen LogP contribution in [0.25, 0.3) is 0 Å². The minimum Gasteiger partial charge on any atom is -0.346 e. The molecule has 3 rings (SSSR count).